The maximum absolute atomic E-state index is 5.77. The molecule has 0 bridgehead atoms. The summed E-state index contributed by atoms with van der Waals surface area (Å²) in [7, 11) is 0. The molecule has 0 N–H and O–H groups in total. The van der Waals surface area contributed by atoms with Gasteiger partial charge in [0.05, 0.1) is 6.10 Å². The Balaban J connectivity index is 2.07. The molecular weight excluding hydrogens is 204 g/mol. The van der Waals surface area contributed by atoms with Gasteiger partial charge in [-0.05, 0) is 46.9 Å². The smallest absolute Gasteiger partial charge is 0.0903 e. The lowest BCUT2D eigenvalue weighted by Gasteiger charge is -2.36. The fourth-order valence-corrected chi connectivity index (χ4v) is 3.37. The van der Waals surface area contributed by atoms with Gasteiger partial charge in [0.2, 0.25) is 0 Å². The van der Waals surface area contributed by atoms with Crippen molar-refractivity contribution in [3.05, 3.63) is 40.1 Å². The van der Waals surface area contributed by atoms with Gasteiger partial charge in [0.25, 0.3) is 0 Å². The molecule has 0 spiro atoms. The molecule has 15 heavy (non-hydrogen) atoms. The minimum Gasteiger partial charge on any atom is -0.373 e. The Labute approximate surface area is 94.1 Å². The zero-order chi connectivity index (χ0) is 10.4. The van der Waals surface area contributed by atoms with Crippen LogP contribution < -0.4 is 0 Å². The summed E-state index contributed by atoms with van der Waals surface area (Å²) in [4.78, 5) is 0. The highest BCUT2D eigenvalue weighted by molar-refractivity contribution is 7.08. The number of thiophene rings is 1. The molecule has 2 heteroatoms. The van der Waals surface area contributed by atoms with Gasteiger partial charge in [-0.2, -0.15) is 11.3 Å². The lowest BCUT2D eigenvalue weighted by Crippen LogP contribution is -2.31. The van der Waals surface area contributed by atoms with Crippen molar-refractivity contribution in [1.29, 1.82) is 0 Å². The number of rotatable bonds is 2. The second kappa shape index (κ2) is 3.32. The molecule has 1 aromatic rings. The van der Waals surface area contributed by atoms with Gasteiger partial charge in [-0.15, -0.1) is 0 Å². The lowest BCUT2D eigenvalue weighted by atomic mass is 9.70. The molecule has 1 saturated heterocycles. The van der Waals surface area contributed by atoms with Crippen molar-refractivity contribution >= 4 is 16.9 Å². The van der Waals surface area contributed by atoms with Crippen LogP contribution in [0.3, 0.4) is 0 Å². The Kier molecular flexibility index (Phi) is 2.08. The Hall–Kier alpha value is -0.860. The summed E-state index contributed by atoms with van der Waals surface area (Å²) < 4.78 is 5.77. The number of hydrogen-bond acceptors (Lipinski definition) is 2. The minimum atomic E-state index is 0.353. The molecule has 2 aliphatic rings. The number of allylic oxidation sites excluding steroid dienone is 1. The van der Waals surface area contributed by atoms with E-state index in [1.807, 2.05) is 0 Å². The van der Waals surface area contributed by atoms with E-state index >= 15 is 0 Å². The summed E-state index contributed by atoms with van der Waals surface area (Å²) in [6, 6.07) is 2.18. The Morgan fingerprint density at radius 1 is 1.60 bits per heavy atom. The first-order valence-corrected chi connectivity index (χ1v) is 6.27. The van der Waals surface area contributed by atoms with Gasteiger partial charge in [0, 0.05) is 12.5 Å². The maximum Gasteiger partial charge on any atom is 0.0903 e. The van der Waals surface area contributed by atoms with Gasteiger partial charge < -0.3 is 4.74 Å². The van der Waals surface area contributed by atoms with Gasteiger partial charge in [0.15, 0.2) is 0 Å². The van der Waals surface area contributed by atoms with E-state index in [2.05, 4.69) is 30.3 Å². The van der Waals surface area contributed by atoms with Crippen LogP contribution >= 0.6 is 11.3 Å². The number of fused-ring (bicyclic) bond motifs is 1. The van der Waals surface area contributed by atoms with Crippen LogP contribution in [0.15, 0.2) is 34.6 Å². The van der Waals surface area contributed by atoms with Crippen LogP contribution in [0, 0.1) is 5.92 Å². The molecule has 1 aliphatic carbocycles. The normalized spacial score (nSPS) is 28.9. The molecule has 78 valence electrons. The van der Waals surface area contributed by atoms with E-state index in [0.29, 0.717) is 12.0 Å². The number of ether oxygens (including phenoxy) is 1. The molecule has 1 aromatic heterocycles. The highest BCUT2D eigenvalue weighted by Crippen LogP contribution is 2.51. The molecule has 0 saturated carbocycles. The first-order valence-electron chi connectivity index (χ1n) is 5.33. The van der Waals surface area contributed by atoms with Crippen LogP contribution in [0.4, 0.5) is 0 Å². The van der Waals surface area contributed by atoms with Crippen LogP contribution in [-0.4, -0.2) is 12.7 Å². The second-order valence-corrected chi connectivity index (χ2v) is 5.09. The maximum atomic E-state index is 5.77. The molecule has 0 aromatic carbocycles. The zero-order valence-corrected chi connectivity index (χ0v) is 9.64. The molecule has 1 aliphatic heterocycles. The predicted molar refractivity (Wildman–Crippen MR) is 63.9 cm³/mol. The topological polar surface area (TPSA) is 9.23 Å². The Bertz CT molecular complexity index is 427. The van der Waals surface area contributed by atoms with Crippen molar-refractivity contribution in [2.45, 2.75) is 19.4 Å². The fourth-order valence-electron chi connectivity index (χ4n) is 2.71. The Morgan fingerprint density at radius 2 is 2.47 bits per heavy atom. The highest BCUT2D eigenvalue weighted by atomic mass is 32.1. The van der Waals surface area contributed by atoms with Crippen LogP contribution in [-0.2, 0) is 4.74 Å². The van der Waals surface area contributed by atoms with E-state index < -0.39 is 0 Å². The number of hydrogen-bond donors (Lipinski definition) is 0. The third-order valence-corrected chi connectivity index (χ3v) is 4.01. The standard InChI is InChI=1S/C13H14OS/c1-8(2)11-10-3-5-14-13(10)12(11)9-4-6-15-7-9/h4,6-7,10,13H,1,3,5H2,2H3/t10-,13-/m1/s1. The third-order valence-electron chi connectivity index (χ3n) is 3.33. The second-order valence-electron chi connectivity index (χ2n) is 4.31. The van der Waals surface area contributed by atoms with E-state index in [-0.39, 0.29) is 0 Å². The molecule has 2 atom stereocenters. The third kappa shape index (κ3) is 1.25. The quantitative estimate of drug-likeness (QED) is 0.738. The molecule has 2 heterocycles. The summed E-state index contributed by atoms with van der Waals surface area (Å²) in [5.74, 6) is 0.623. The molecule has 0 unspecified atom stereocenters. The summed E-state index contributed by atoms with van der Waals surface area (Å²) in [5.41, 5.74) is 5.39. The summed E-state index contributed by atoms with van der Waals surface area (Å²) in [5, 5.41) is 4.33. The van der Waals surface area contributed by atoms with Crippen molar-refractivity contribution in [3.8, 4) is 0 Å². The Morgan fingerprint density at radius 3 is 3.13 bits per heavy atom. The largest absolute Gasteiger partial charge is 0.373 e. The van der Waals surface area contributed by atoms with Gasteiger partial charge in [-0.3, -0.25) is 0 Å². The first kappa shape index (κ1) is 9.37. The predicted octanol–water partition coefficient (Wildman–Crippen LogP) is 3.50. The van der Waals surface area contributed by atoms with Crippen LogP contribution in [0.1, 0.15) is 18.9 Å². The zero-order valence-electron chi connectivity index (χ0n) is 8.82. The highest BCUT2D eigenvalue weighted by Gasteiger charge is 2.45. The van der Waals surface area contributed by atoms with E-state index in [0.717, 1.165) is 6.61 Å². The average molecular weight is 218 g/mol. The van der Waals surface area contributed by atoms with E-state index in [1.165, 1.54) is 28.7 Å². The van der Waals surface area contributed by atoms with Gasteiger partial charge in [-0.1, -0.05) is 12.2 Å². The average Bonchev–Trinajstić information content (AvgIpc) is 2.77. The molecule has 3 rings (SSSR count). The SMILES string of the molecule is C=C(C)C1=C(c2ccsc2)[C@@H]2OCC[C@H]12. The van der Waals surface area contributed by atoms with Crippen LogP contribution in [0.5, 0.6) is 0 Å². The van der Waals surface area contributed by atoms with Crippen molar-refractivity contribution < 1.29 is 4.74 Å². The molecular formula is C13H14OS. The van der Waals surface area contributed by atoms with Crippen molar-refractivity contribution in [3.63, 3.8) is 0 Å². The van der Waals surface area contributed by atoms with Gasteiger partial charge in [-0.25, -0.2) is 0 Å². The molecule has 1 fully saturated rings. The van der Waals surface area contributed by atoms with Crippen LogP contribution in [0.25, 0.3) is 5.57 Å². The van der Waals surface area contributed by atoms with Gasteiger partial charge in [0.1, 0.15) is 0 Å². The summed E-state index contributed by atoms with van der Waals surface area (Å²) in [6.07, 6.45) is 1.52. The van der Waals surface area contributed by atoms with E-state index in [9.17, 15) is 0 Å². The molecule has 0 radical (unpaired) electrons. The molecule has 0 amide bonds. The summed E-state index contributed by atoms with van der Waals surface area (Å²) in [6.45, 7) is 7.10. The van der Waals surface area contributed by atoms with Crippen LogP contribution in [0.2, 0.25) is 0 Å². The van der Waals surface area contributed by atoms with Crippen molar-refractivity contribution in [1.82, 2.24) is 0 Å². The monoisotopic (exact) mass is 218 g/mol. The molecule has 1 nitrogen and oxygen atoms in total. The van der Waals surface area contributed by atoms with Gasteiger partial charge >= 0.3 is 0 Å². The van der Waals surface area contributed by atoms with Crippen molar-refractivity contribution in [2.24, 2.45) is 5.92 Å². The van der Waals surface area contributed by atoms with E-state index in [1.54, 1.807) is 11.3 Å². The minimum absolute atomic E-state index is 0.353. The van der Waals surface area contributed by atoms with E-state index in [4.69, 9.17) is 4.74 Å². The fraction of sp³-hybridized carbons (Fsp3) is 0.385. The lowest BCUT2D eigenvalue weighted by molar-refractivity contribution is 0.130. The summed E-state index contributed by atoms with van der Waals surface area (Å²) >= 11 is 1.75. The first-order chi connectivity index (χ1) is 7.29. The van der Waals surface area contributed by atoms with Crippen molar-refractivity contribution in [2.75, 3.05) is 6.61 Å².